The molecule has 3 aromatic rings. The lowest BCUT2D eigenvalue weighted by Gasteiger charge is -1.94. The number of aromatic nitrogens is 3. The smallest absolute Gasteiger partial charge is 0.350 e. The summed E-state index contributed by atoms with van der Waals surface area (Å²) >= 11 is 0. The lowest BCUT2D eigenvalue weighted by atomic mass is 10.4. The molecule has 0 spiro atoms. The van der Waals surface area contributed by atoms with Crippen molar-refractivity contribution in [3.05, 3.63) is 58.5 Å². The molecule has 0 amide bonds. The molecule has 18 heavy (non-hydrogen) atoms. The summed E-state index contributed by atoms with van der Waals surface area (Å²) in [7, 11) is 0. The number of hydrogen-bond acceptors (Lipinski definition) is 4. The minimum absolute atomic E-state index is 0.153. The first-order valence-electron chi connectivity index (χ1n) is 5.50. The normalized spacial score (nSPS) is 11.2. The van der Waals surface area contributed by atoms with E-state index < -0.39 is 0 Å². The van der Waals surface area contributed by atoms with Crippen LogP contribution in [0.5, 0.6) is 0 Å². The van der Waals surface area contributed by atoms with Crippen LogP contribution in [-0.2, 0) is 13.2 Å². The van der Waals surface area contributed by atoms with Gasteiger partial charge in [0.05, 0.1) is 0 Å². The highest BCUT2D eigenvalue weighted by atomic mass is 16.4. The van der Waals surface area contributed by atoms with Crippen LogP contribution in [0.3, 0.4) is 0 Å². The Bertz CT molecular complexity index is 738. The number of fused-ring (bicyclic) bond motifs is 1. The minimum atomic E-state index is -0.215. The van der Waals surface area contributed by atoms with Crippen molar-refractivity contribution >= 4 is 5.65 Å². The zero-order valence-corrected chi connectivity index (χ0v) is 9.48. The van der Waals surface area contributed by atoms with Crippen molar-refractivity contribution in [2.24, 2.45) is 0 Å². The Morgan fingerprint density at radius 3 is 2.78 bits per heavy atom. The van der Waals surface area contributed by atoms with Gasteiger partial charge in [-0.3, -0.25) is 4.40 Å². The number of aliphatic hydroxyl groups is 1. The molecule has 0 aliphatic rings. The van der Waals surface area contributed by atoms with E-state index in [1.807, 2.05) is 6.07 Å². The molecule has 6 nitrogen and oxygen atoms in total. The van der Waals surface area contributed by atoms with Crippen molar-refractivity contribution in [1.82, 2.24) is 14.2 Å². The van der Waals surface area contributed by atoms with Crippen LogP contribution >= 0.6 is 0 Å². The third-order valence-corrected chi connectivity index (χ3v) is 2.67. The van der Waals surface area contributed by atoms with Crippen LogP contribution in [0.15, 0.2) is 45.7 Å². The molecule has 0 saturated carbocycles. The average molecular weight is 245 g/mol. The Morgan fingerprint density at radius 2 is 2.06 bits per heavy atom. The van der Waals surface area contributed by atoms with E-state index >= 15 is 0 Å². The van der Waals surface area contributed by atoms with Gasteiger partial charge in [0.15, 0.2) is 5.65 Å². The second-order valence-electron chi connectivity index (χ2n) is 3.90. The Morgan fingerprint density at radius 1 is 1.22 bits per heavy atom. The largest absolute Gasteiger partial charge is 0.462 e. The summed E-state index contributed by atoms with van der Waals surface area (Å²) in [6, 6.07) is 8.76. The Kier molecular flexibility index (Phi) is 2.49. The van der Waals surface area contributed by atoms with Crippen LogP contribution in [0, 0.1) is 0 Å². The molecule has 6 heteroatoms. The van der Waals surface area contributed by atoms with Crippen LogP contribution in [0.1, 0.15) is 11.5 Å². The van der Waals surface area contributed by atoms with Gasteiger partial charge in [-0.05, 0) is 24.3 Å². The lowest BCUT2D eigenvalue weighted by molar-refractivity contribution is 0.242. The van der Waals surface area contributed by atoms with Gasteiger partial charge in [0.2, 0.25) is 0 Å². The van der Waals surface area contributed by atoms with E-state index in [9.17, 15) is 4.79 Å². The maximum atomic E-state index is 12.0. The number of furan rings is 1. The van der Waals surface area contributed by atoms with E-state index in [1.165, 1.54) is 9.08 Å². The molecule has 0 aromatic carbocycles. The fourth-order valence-electron chi connectivity index (χ4n) is 1.81. The molecule has 0 atom stereocenters. The summed E-state index contributed by atoms with van der Waals surface area (Å²) < 4.78 is 8.13. The van der Waals surface area contributed by atoms with Gasteiger partial charge < -0.3 is 9.52 Å². The maximum absolute atomic E-state index is 12.0. The first kappa shape index (κ1) is 10.8. The average Bonchev–Trinajstić information content (AvgIpc) is 2.97. The van der Waals surface area contributed by atoms with Crippen LogP contribution in [-0.4, -0.2) is 19.3 Å². The van der Waals surface area contributed by atoms with Gasteiger partial charge in [0.1, 0.15) is 24.7 Å². The maximum Gasteiger partial charge on any atom is 0.350 e. The Balaban J connectivity index is 1.99. The van der Waals surface area contributed by atoms with Crippen molar-refractivity contribution in [1.29, 1.82) is 0 Å². The molecule has 0 saturated heterocycles. The first-order chi connectivity index (χ1) is 8.78. The molecular formula is C12H11N3O3. The third kappa shape index (κ3) is 1.72. The summed E-state index contributed by atoms with van der Waals surface area (Å²) in [6.45, 7) is 0.0978. The Hall–Kier alpha value is -2.34. The van der Waals surface area contributed by atoms with E-state index in [1.54, 1.807) is 30.5 Å². The SMILES string of the molecule is O=c1n(Cc2ccc(CO)o2)nc2ccccn12. The van der Waals surface area contributed by atoms with Crippen molar-refractivity contribution in [2.75, 3.05) is 0 Å². The second kappa shape index (κ2) is 4.15. The molecule has 0 unspecified atom stereocenters. The zero-order valence-electron chi connectivity index (χ0n) is 9.48. The first-order valence-corrected chi connectivity index (χ1v) is 5.50. The molecule has 0 bridgehead atoms. The predicted molar refractivity (Wildman–Crippen MR) is 63.2 cm³/mol. The molecule has 1 N–H and O–H groups in total. The molecule has 0 radical (unpaired) electrons. The molecule has 3 heterocycles. The van der Waals surface area contributed by atoms with Crippen molar-refractivity contribution < 1.29 is 9.52 Å². The topological polar surface area (TPSA) is 72.7 Å². The van der Waals surface area contributed by atoms with Gasteiger partial charge in [-0.1, -0.05) is 6.07 Å². The van der Waals surface area contributed by atoms with E-state index in [0.29, 0.717) is 17.2 Å². The third-order valence-electron chi connectivity index (χ3n) is 2.67. The van der Waals surface area contributed by atoms with Gasteiger partial charge in [0, 0.05) is 6.20 Å². The van der Waals surface area contributed by atoms with Crippen LogP contribution < -0.4 is 5.69 Å². The van der Waals surface area contributed by atoms with Gasteiger partial charge in [0.25, 0.3) is 0 Å². The van der Waals surface area contributed by atoms with E-state index in [2.05, 4.69) is 5.10 Å². The molecule has 0 aliphatic heterocycles. The fourth-order valence-corrected chi connectivity index (χ4v) is 1.81. The highest BCUT2D eigenvalue weighted by Gasteiger charge is 2.08. The zero-order chi connectivity index (χ0) is 12.5. The summed E-state index contributed by atoms with van der Waals surface area (Å²) in [5.41, 5.74) is 0.379. The number of pyridine rings is 1. The van der Waals surface area contributed by atoms with E-state index in [0.717, 1.165) is 0 Å². The van der Waals surface area contributed by atoms with E-state index in [-0.39, 0.29) is 18.8 Å². The number of rotatable bonds is 3. The van der Waals surface area contributed by atoms with Crippen LogP contribution in [0.25, 0.3) is 5.65 Å². The van der Waals surface area contributed by atoms with Gasteiger partial charge in [-0.15, -0.1) is 5.10 Å². The predicted octanol–water partition coefficient (Wildman–Crippen LogP) is 0.630. The fraction of sp³-hybridized carbons (Fsp3) is 0.167. The van der Waals surface area contributed by atoms with Gasteiger partial charge in [-0.25, -0.2) is 9.48 Å². The highest BCUT2D eigenvalue weighted by Crippen LogP contribution is 2.08. The summed E-state index contributed by atoms with van der Waals surface area (Å²) in [6.07, 6.45) is 1.67. The molecule has 3 rings (SSSR count). The van der Waals surface area contributed by atoms with Crippen LogP contribution in [0.4, 0.5) is 0 Å². The van der Waals surface area contributed by atoms with Gasteiger partial charge >= 0.3 is 5.69 Å². The molecule has 0 aliphatic carbocycles. The number of nitrogens with zero attached hydrogens (tertiary/aromatic N) is 3. The summed E-state index contributed by atoms with van der Waals surface area (Å²) in [4.78, 5) is 12.0. The number of aliphatic hydroxyl groups excluding tert-OH is 1. The highest BCUT2D eigenvalue weighted by molar-refractivity contribution is 5.35. The molecule has 3 aromatic heterocycles. The second-order valence-corrected chi connectivity index (χ2v) is 3.90. The van der Waals surface area contributed by atoms with Crippen molar-refractivity contribution in [2.45, 2.75) is 13.2 Å². The van der Waals surface area contributed by atoms with Crippen molar-refractivity contribution in [3.8, 4) is 0 Å². The molecule has 92 valence electrons. The monoisotopic (exact) mass is 245 g/mol. The standard InChI is InChI=1S/C12H11N3O3/c16-8-10-5-4-9(18-10)7-15-12(17)14-6-2-1-3-11(14)13-15/h1-6,16H,7-8H2. The van der Waals surface area contributed by atoms with Crippen molar-refractivity contribution in [3.63, 3.8) is 0 Å². The van der Waals surface area contributed by atoms with E-state index in [4.69, 9.17) is 9.52 Å². The summed E-state index contributed by atoms with van der Waals surface area (Å²) in [5, 5.41) is 13.1. The minimum Gasteiger partial charge on any atom is -0.462 e. The Labute approximate surface area is 102 Å². The van der Waals surface area contributed by atoms with Crippen LogP contribution in [0.2, 0.25) is 0 Å². The molecular weight excluding hydrogens is 234 g/mol. The quantitative estimate of drug-likeness (QED) is 0.734. The summed E-state index contributed by atoms with van der Waals surface area (Å²) in [5.74, 6) is 1.06. The number of hydrogen-bond donors (Lipinski definition) is 1. The van der Waals surface area contributed by atoms with Gasteiger partial charge in [-0.2, -0.15) is 0 Å². The lowest BCUT2D eigenvalue weighted by Crippen LogP contribution is -2.21. The molecule has 0 fully saturated rings.